The Morgan fingerprint density at radius 1 is 1.17 bits per heavy atom. The van der Waals surface area contributed by atoms with E-state index in [-0.39, 0.29) is 5.92 Å². The first-order valence-electron chi connectivity index (χ1n) is 4.64. The minimum Gasteiger partial charge on any atom is -0.478 e. The molecule has 0 atom stereocenters. The van der Waals surface area contributed by atoms with E-state index >= 15 is 0 Å². The van der Waals surface area contributed by atoms with Crippen molar-refractivity contribution >= 4 is 5.97 Å². The Morgan fingerprint density at radius 3 is 2.08 bits per heavy atom. The third-order valence-electron chi connectivity index (χ3n) is 2.62. The zero-order valence-corrected chi connectivity index (χ0v) is 7.38. The predicted molar refractivity (Wildman–Crippen MR) is 48.0 cm³/mol. The molecule has 2 heteroatoms. The molecule has 0 bridgehead atoms. The Balaban J connectivity index is 2.48. The van der Waals surface area contributed by atoms with Crippen molar-refractivity contribution in [3.8, 4) is 0 Å². The Labute approximate surface area is 73.3 Å². The van der Waals surface area contributed by atoms with Crippen molar-refractivity contribution in [3.63, 3.8) is 0 Å². The summed E-state index contributed by atoms with van der Waals surface area (Å²) < 4.78 is 0. The van der Waals surface area contributed by atoms with Crippen LogP contribution in [0, 0.1) is 5.92 Å². The first kappa shape index (κ1) is 9.30. The van der Waals surface area contributed by atoms with Crippen molar-refractivity contribution in [2.24, 2.45) is 5.92 Å². The molecule has 12 heavy (non-hydrogen) atoms. The van der Waals surface area contributed by atoms with Gasteiger partial charge >= 0.3 is 5.97 Å². The van der Waals surface area contributed by atoms with E-state index in [0.29, 0.717) is 5.57 Å². The summed E-state index contributed by atoms with van der Waals surface area (Å²) in [5, 5.41) is 8.73. The van der Waals surface area contributed by atoms with Gasteiger partial charge in [-0.2, -0.15) is 0 Å². The molecule has 0 aliphatic heterocycles. The van der Waals surface area contributed by atoms with Crippen LogP contribution >= 0.6 is 0 Å². The normalized spacial score (nSPS) is 20.0. The van der Waals surface area contributed by atoms with Gasteiger partial charge in [0.15, 0.2) is 0 Å². The van der Waals surface area contributed by atoms with Crippen LogP contribution in [0.1, 0.15) is 38.5 Å². The number of carboxylic acid groups (broad SMARTS) is 1. The highest BCUT2D eigenvalue weighted by molar-refractivity contribution is 5.86. The Kier molecular flexibility index (Phi) is 3.32. The van der Waals surface area contributed by atoms with Crippen LogP contribution in [0.5, 0.6) is 0 Å². The lowest BCUT2D eigenvalue weighted by molar-refractivity contribution is -0.133. The summed E-state index contributed by atoms with van der Waals surface area (Å²) in [7, 11) is 0. The molecule has 0 aromatic carbocycles. The van der Waals surface area contributed by atoms with Gasteiger partial charge in [-0.05, 0) is 18.8 Å². The van der Waals surface area contributed by atoms with E-state index in [1.165, 1.54) is 12.8 Å². The van der Waals surface area contributed by atoms with Gasteiger partial charge in [-0.3, -0.25) is 0 Å². The summed E-state index contributed by atoms with van der Waals surface area (Å²) in [4.78, 5) is 10.6. The number of carbonyl (C=O) groups is 1. The van der Waals surface area contributed by atoms with Crippen molar-refractivity contribution in [2.75, 3.05) is 0 Å². The van der Waals surface area contributed by atoms with Gasteiger partial charge in [-0.25, -0.2) is 4.79 Å². The molecule has 0 radical (unpaired) electrons. The lowest BCUT2D eigenvalue weighted by atomic mass is 9.93. The van der Waals surface area contributed by atoms with Gasteiger partial charge in [-0.1, -0.05) is 32.3 Å². The van der Waals surface area contributed by atoms with Crippen LogP contribution in [-0.2, 0) is 4.79 Å². The van der Waals surface area contributed by atoms with Crippen LogP contribution in [0.15, 0.2) is 12.2 Å². The molecule has 0 aromatic heterocycles. The van der Waals surface area contributed by atoms with E-state index in [4.69, 9.17) is 5.11 Å². The number of aliphatic carboxylic acids is 1. The summed E-state index contributed by atoms with van der Waals surface area (Å²) in [6.07, 6.45) is 6.87. The zero-order valence-electron chi connectivity index (χ0n) is 7.38. The molecular weight excluding hydrogens is 152 g/mol. The molecule has 0 aromatic rings. The second-order valence-corrected chi connectivity index (χ2v) is 3.52. The molecule has 0 unspecified atom stereocenters. The summed E-state index contributed by atoms with van der Waals surface area (Å²) in [5.74, 6) is -0.577. The van der Waals surface area contributed by atoms with Crippen LogP contribution < -0.4 is 0 Å². The highest BCUT2D eigenvalue weighted by atomic mass is 16.4. The summed E-state index contributed by atoms with van der Waals surface area (Å²) in [5.41, 5.74) is 0.414. The molecule has 68 valence electrons. The number of rotatable bonds is 2. The molecule has 1 aliphatic rings. The molecular formula is C10H16O2. The van der Waals surface area contributed by atoms with E-state index in [0.717, 1.165) is 25.7 Å². The number of hydrogen-bond donors (Lipinski definition) is 1. The van der Waals surface area contributed by atoms with Gasteiger partial charge < -0.3 is 5.11 Å². The van der Waals surface area contributed by atoms with Crippen LogP contribution in [0.2, 0.25) is 0 Å². The standard InChI is InChI=1S/C10H16O2/c1-8(10(11)12)9-6-4-2-3-5-7-9/h9H,1-7H2,(H,11,12). The van der Waals surface area contributed by atoms with Gasteiger partial charge in [-0.15, -0.1) is 0 Å². The minimum absolute atomic E-state index is 0.241. The average Bonchev–Trinajstić information content (AvgIpc) is 2.30. The van der Waals surface area contributed by atoms with Crippen LogP contribution in [0.4, 0.5) is 0 Å². The monoisotopic (exact) mass is 168 g/mol. The zero-order chi connectivity index (χ0) is 8.97. The van der Waals surface area contributed by atoms with E-state index < -0.39 is 5.97 Å². The van der Waals surface area contributed by atoms with Crippen LogP contribution in [-0.4, -0.2) is 11.1 Å². The van der Waals surface area contributed by atoms with E-state index in [1.54, 1.807) is 0 Å². The van der Waals surface area contributed by atoms with Gasteiger partial charge in [0.25, 0.3) is 0 Å². The minimum atomic E-state index is -0.818. The SMILES string of the molecule is C=C(C(=O)O)C1CCCCCC1. The van der Waals surface area contributed by atoms with Gasteiger partial charge in [0.1, 0.15) is 0 Å². The lowest BCUT2D eigenvalue weighted by Crippen LogP contribution is -2.10. The van der Waals surface area contributed by atoms with Gasteiger partial charge in [0.2, 0.25) is 0 Å². The summed E-state index contributed by atoms with van der Waals surface area (Å²) in [6, 6.07) is 0. The third-order valence-corrected chi connectivity index (χ3v) is 2.62. The first-order chi connectivity index (χ1) is 5.72. The molecule has 1 N–H and O–H groups in total. The fourth-order valence-electron chi connectivity index (χ4n) is 1.80. The maximum atomic E-state index is 10.6. The average molecular weight is 168 g/mol. The van der Waals surface area contributed by atoms with Crippen molar-refractivity contribution in [1.82, 2.24) is 0 Å². The Hall–Kier alpha value is -0.790. The molecule has 1 fully saturated rings. The van der Waals surface area contributed by atoms with Crippen molar-refractivity contribution in [3.05, 3.63) is 12.2 Å². The summed E-state index contributed by atoms with van der Waals surface area (Å²) >= 11 is 0. The predicted octanol–water partition coefficient (Wildman–Crippen LogP) is 2.60. The van der Waals surface area contributed by atoms with Crippen LogP contribution in [0.25, 0.3) is 0 Å². The molecule has 0 saturated heterocycles. The largest absolute Gasteiger partial charge is 0.478 e. The van der Waals surface area contributed by atoms with E-state index in [9.17, 15) is 4.79 Å². The first-order valence-corrected chi connectivity index (χ1v) is 4.64. The molecule has 0 heterocycles. The fourth-order valence-corrected chi connectivity index (χ4v) is 1.80. The van der Waals surface area contributed by atoms with Crippen molar-refractivity contribution in [1.29, 1.82) is 0 Å². The Morgan fingerprint density at radius 2 is 1.67 bits per heavy atom. The van der Waals surface area contributed by atoms with Crippen molar-refractivity contribution < 1.29 is 9.90 Å². The third kappa shape index (κ3) is 2.36. The highest BCUT2D eigenvalue weighted by Gasteiger charge is 2.19. The quantitative estimate of drug-likeness (QED) is 0.508. The number of carboxylic acids is 1. The van der Waals surface area contributed by atoms with Crippen LogP contribution in [0.3, 0.4) is 0 Å². The maximum Gasteiger partial charge on any atom is 0.331 e. The molecule has 2 nitrogen and oxygen atoms in total. The van der Waals surface area contributed by atoms with Crippen molar-refractivity contribution in [2.45, 2.75) is 38.5 Å². The summed E-state index contributed by atoms with van der Waals surface area (Å²) in [6.45, 7) is 3.62. The second kappa shape index (κ2) is 4.29. The fraction of sp³-hybridized carbons (Fsp3) is 0.700. The molecule has 1 rings (SSSR count). The molecule has 1 aliphatic carbocycles. The lowest BCUT2D eigenvalue weighted by Gasteiger charge is -2.12. The smallest absolute Gasteiger partial charge is 0.331 e. The van der Waals surface area contributed by atoms with E-state index in [1.807, 2.05) is 0 Å². The maximum absolute atomic E-state index is 10.6. The van der Waals surface area contributed by atoms with Gasteiger partial charge in [0.05, 0.1) is 0 Å². The second-order valence-electron chi connectivity index (χ2n) is 3.52. The number of hydrogen-bond acceptors (Lipinski definition) is 1. The molecule has 1 saturated carbocycles. The Bertz CT molecular complexity index is 176. The van der Waals surface area contributed by atoms with E-state index in [2.05, 4.69) is 6.58 Å². The molecule has 0 amide bonds. The topological polar surface area (TPSA) is 37.3 Å². The van der Waals surface area contributed by atoms with Gasteiger partial charge in [0, 0.05) is 5.57 Å². The molecule has 0 spiro atoms. The highest BCUT2D eigenvalue weighted by Crippen LogP contribution is 2.27.